The van der Waals surface area contributed by atoms with Crippen molar-refractivity contribution in [3.05, 3.63) is 29.3 Å². The summed E-state index contributed by atoms with van der Waals surface area (Å²) in [5, 5.41) is 11.6. The third kappa shape index (κ3) is 4.46. The van der Waals surface area contributed by atoms with Crippen LogP contribution in [-0.2, 0) is 9.53 Å². The first-order chi connectivity index (χ1) is 11.6. The Hall–Kier alpha value is -1.64. The average molecular weight is 364 g/mol. The number of aromatic nitrogens is 2. The smallest absolute Gasteiger partial charge is 0.237 e. The Morgan fingerprint density at radius 3 is 2.62 bits per heavy atom. The number of nitrogens with zero attached hydrogens (tertiary/aromatic N) is 3. The highest BCUT2D eigenvalue weighted by molar-refractivity contribution is 8.02. The molecule has 1 fully saturated rings. The second-order valence-electron chi connectivity index (χ2n) is 5.48. The maximum absolute atomic E-state index is 12.3. The van der Waals surface area contributed by atoms with E-state index >= 15 is 0 Å². The fraction of sp³-hybridized carbons (Fsp3) is 0.438. The molecule has 1 N–H and O–H groups in total. The number of carbonyl (C=O) groups excluding carboxylic acids is 1. The molecular weight excluding hydrogens is 344 g/mol. The maximum atomic E-state index is 12.3. The van der Waals surface area contributed by atoms with Crippen LogP contribution in [0, 0.1) is 6.92 Å². The van der Waals surface area contributed by atoms with Crippen LogP contribution < -0.4 is 10.2 Å². The number of hydrogen-bond acceptors (Lipinski definition) is 7. The lowest BCUT2D eigenvalue weighted by Gasteiger charge is -2.28. The van der Waals surface area contributed by atoms with Gasteiger partial charge in [0.1, 0.15) is 5.01 Å². The van der Waals surface area contributed by atoms with Crippen LogP contribution in [0.25, 0.3) is 0 Å². The van der Waals surface area contributed by atoms with E-state index in [1.807, 2.05) is 38.1 Å². The van der Waals surface area contributed by atoms with Crippen LogP contribution in [0.5, 0.6) is 0 Å². The molecule has 1 saturated heterocycles. The highest BCUT2D eigenvalue weighted by atomic mass is 32.2. The summed E-state index contributed by atoms with van der Waals surface area (Å²) < 4.78 is 6.18. The van der Waals surface area contributed by atoms with Gasteiger partial charge in [0.15, 0.2) is 4.34 Å². The van der Waals surface area contributed by atoms with Gasteiger partial charge in [-0.25, -0.2) is 0 Å². The molecule has 1 aliphatic rings. The lowest BCUT2D eigenvalue weighted by atomic mass is 10.2. The number of anilines is 2. The van der Waals surface area contributed by atoms with E-state index in [1.54, 1.807) is 0 Å². The van der Waals surface area contributed by atoms with Crippen molar-refractivity contribution in [3.8, 4) is 0 Å². The van der Waals surface area contributed by atoms with Crippen LogP contribution in [0.1, 0.15) is 11.9 Å². The minimum Gasteiger partial charge on any atom is -0.378 e. The van der Waals surface area contributed by atoms with Gasteiger partial charge in [0.25, 0.3) is 0 Å². The second-order valence-corrected chi connectivity index (χ2v) is 8.25. The number of rotatable bonds is 5. The number of amides is 1. The predicted molar refractivity (Wildman–Crippen MR) is 98.1 cm³/mol. The molecule has 0 aliphatic carbocycles. The molecule has 128 valence electrons. The van der Waals surface area contributed by atoms with E-state index in [4.69, 9.17) is 4.74 Å². The normalized spacial score (nSPS) is 16.0. The fourth-order valence-corrected chi connectivity index (χ4v) is 4.31. The van der Waals surface area contributed by atoms with Gasteiger partial charge in [-0.15, -0.1) is 10.2 Å². The van der Waals surface area contributed by atoms with E-state index in [1.165, 1.54) is 23.1 Å². The maximum Gasteiger partial charge on any atom is 0.237 e. The third-order valence-corrected chi connectivity index (χ3v) is 5.69. The predicted octanol–water partition coefficient (Wildman–Crippen LogP) is 2.80. The van der Waals surface area contributed by atoms with Gasteiger partial charge in [-0.05, 0) is 38.1 Å². The first-order valence-electron chi connectivity index (χ1n) is 7.82. The average Bonchev–Trinajstić information content (AvgIpc) is 3.01. The molecule has 0 radical (unpaired) electrons. The zero-order valence-corrected chi connectivity index (χ0v) is 15.3. The quantitative estimate of drug-likeness (QED) is 0.823. The van der Waals surface area contributed by atoms with Crippen LogP contribution in [-0.4, -0.2) is 47.7 Å². The Morgan fingerprint density at radius 1 is 1.29 bits per heavy atom. The van der Waals surface area contributed by atoms with Gasteiger partial charge in [0.2, 0.25) is 5.91 Å². The van der Waals surface area contributed by atoms with E-state index < -0.39 is 0 Å². The summed E-state index contributed by atoms with van der Waals surface area (Å²) in [7, 11) is 0. The van der Waals surface area contributed by atoms with Crippen molar-refractivity contribution in [3.63, 3.8) is 0 Å². The second kappa shape index (κ2) is 7.96. The van der Waals surface area contributed by atoms with Gasteiger partial charge in [0, 0.05) is 24.5 Å². The lowest BCUT2D eigenvalue weighted by Crippen LogP contribution is -2.36. The van der Waals surface area contributed by atoms with Gasteiger partial charge in [-0.3, -0.25) is 4.79 Å². The van der Waals surface area contributed by atoms with Crippen LogP contribution in [0.15, 0.2) is 28.6 Å². The molecule has 8 heteroatoms. The van der Waals surface area contributed by atoms with Crippen molar-refractivity contribution >= 4 is 40.4 Å². The Morgan fingerprint density at radius 2 is 2.00 bits per heavy atom. The Labute approximate surface area is 149 Å². The van der Waals surface area contributed by atoms with Gasteiger partial charge in [-0.1, -0.05) is 23.1 Å². The summed E-state index contributed by atoms with van der Waals surface area (Å²) in [4.78, 5) is 14.6. The number of thioether (sulfide) groups is 1. The van der Waals surface area contributed by atoms with Crippen LogP contribution >= 0.6 is 23.1 Å². The molecule has 0 spiro atoms. The monoisotopic (exact) mass is 364 g/mol. The zero-order chi connectivity index (χ0) is 16.9. The van der Waals surface area contributed by atoms with Crippen molar-refractivity contribution in [2.45, 2.75) is 23.4 Å². The van der Waals surface area contributed by atoms with Gasteiger partial charge in [-0.2, -0.15) is 0 Å². The van der Waals surface area contributed by atoms with E-state index in [2.05, 4.69) is 20.4 Å². The topological polar surface area (TPSA) is 67.4 Å². The number of carbonyl (C=O) groups is 1. The number of benzene rings is 1. The third-order valence-electron chi connectivity index (χ3n) is 3.67. The van der Waals surface area contributed by atoms with Crippen LogP contribution in [0.3, 0.4) is 0 Å². The fourth-order valence-electron chi connectivity index (χ4n) is 2.35. The Balaban J connectivity index is 1.55. The summed E-state index contributed by atoms with van der Waals surface area (Å²) in [6, 6.07) is 7.95. The molecule has 0 bridgehead atoms. The molecule has 1 aliphatic heterocycles. The van der Waals surface area contributed by atoms with Crippen LogP contribution in [0.4, 0.5) is 11.4 Å². The number of nitrogens with one attached hydrogen (secondary N) is 1. The number of aryl methyl sites for hydroxylation is 1. The SMILES string of the molecule is Cc1nnc(SC(C)C(=O)Nc2ccc(N3CCOCC3)cc2)s1. The highest BCUT2D eigenvalue weighted by Gasteiger charge is 2.17. The largest absolute Gasteiger partial charge is 0.378 e. The molecule has 2 aromatic rings. The summed E-state index contributed by atoms with van der Waals surface area (Å²) in [5.41, 5.74) is 1.96. The molecule has 1 unspecified atom stereocenters. The summed E-state index contributed by atoms with van der Waals surface area (Å²) in [5.74, 6) is -0.0352. The standard InChI is InChI=1S/C16H20N4O2S2/c1-11(23-16-19-18-12(2)24-16)15(21)17-13-3-5-14(6-4-13)20-7-9-22-10-8-20/h3-6,11H,7-10H2,1-2H3,(H,17,21). The molecule has 1 aromatic heterocycles. The molecule has 2 heterocycles. The first-order valence-corrected chi connectivity index (χ1v) is 9.52. The molecule has 6 nitrogen and oxygen atoms in total. The Kier molecular flexibility index (Phi) is 5.70. The van der Waals surface area contributed by atoms with E-state index in [0.29, 0.717) is 0 Å². The molecule has 1 aromatic carbocycles. The minimum absolute atomic E-state index is 0.0352. The first kappa shape index (κ1) is 17.2. The molecule has 0 saturated carbocycles. The minimum atomic E-state index is -0.226. The number of hydrogen-bond donors (Lipinski definition) is 1. The number of morpholine rings is 1. The van der Waals surface area contributed by atoms with Gasteiger partial charge >= 0.3 is 0 Å². The molecule has 24 heavy (non-hydrogen) atoms. The zero-order valence-electron chi connectivity index (χ0n) is 13.7. The Bertz CT molecular complexity index is 684. The summed E-state index contributed by atoms with van der Waals surface area (Å²) in [6.45, 7) is 7.11. The van der Waals surface area contributed by atoms with Crippen molar-refractivity contribution in [2.24, 2.45) is 0 Å². The number of ether oxygens (including phenoxy) is 1. The van der Waals surface area contributed by atoms with Gasteiger partial charge < -0.3 is 15.0 Å². The highest BCUT2D eigenvalue weighted by Crippen LogP contribution is 2.27. The summed E-state index contributed by atoms with van der Waals surface area (Å²) in [6.07, 6.45) is 0. The van der Waals surface area contributed by atoms with Crippen LogP contribution in [0.2, 0.25) is 0 Å². The summed E-state index contributed by atoms with van der Waals surface area (Å²) >= 11 is 2.93. The molecular formula is C16H20N4O2S2. The van der Waals surface area contributed by atoms with Crippen molar-refractivity contribution in [1.29, 1.82) is 0 Å². The molecule has 3 rings (SSSR count). The van der Waals surface area contributed by atoms with E-state index in [-0.39, 0.29) is 11.2 Å². The van der Waals surface area contributed by atoms with Crippen molar-refractivity contribution in [1.82, 2.24) is 10.2 Å². The van der Waals surface area contributed by atoms with E-state index in [9.17, 15) is 4.79 Å². The van der Waals surface area contributed by atoms with E-state index in [0.717, 1.165) is 47.0 Å². The van der Waals surface area contributed by atoms with Crippen molar-refractivity contribution in [2.75, 3.05) is 36.5 Å². The lowest BCUT2D eigenvalue weighted by molar-refractivity contribution is -0.115. The molecule has 1 atom stereocenters. The molecule has 1 amide bonds. The van der Waals surface area contributed by atoms with Crippen molar-refractivity contribution < 1.29 is 9.53 Å². The van der Waals surface area contributed by atoms with Gasteiger partial charge in [0.05, 0.1) is 18.5 Å².